The molecule has 0 saturated heterocycles. The molecule has 0 radical (unpaired) electrons. The fraction of sp³-hybridized carbons (Fsp3) is 0.889. The van der Waals surface area contributed by atoms with E-state index in [1.807, 2.05) is 0 Å². The fourth-order valence-electron chi connectivity index (χ4n) is 1.98. The molecule has 0 unspecified atom stereocenters. The van der Waals surface area contributed by atoms with E-state index in [9.17, 15) is 9.59 Å². The molecule has 7 heteroatoms. The molecule has 2 amide bonds. The number of hydrogen-bond donors (Lipinski definition) is 0. The average Bonchev–Trinajstić information content (AvgIpc) is 2.55. The summed E-state index contributed by atoms with van der Waals surface area (Å²) in [5.41, 5.74) is 0. The molecule has 144 valence electrons. The summed E-state index contributed by atoms with van der Waals surface area (Å²) in [6.07, 6.45) is 8.71. The molecule has 0 saturated carbocycles. The van der Waals surface area contributed by atoms with Crippen LogP contribution in [0.5, 0.6) is 0 Å². The van der Waals surface area contributed by atoms with Gasteiger partial charge in [0, 0.05) is 26.2 Å². The van der Waals surface area contributed by atoms with Crippen LogP contribution >= 0.6 is 0 Å². The van der Waals surface area contributed by atoms with E-state index in [0.717, 1.165) is 77.5 Å². The summed E-state index contributed by atoms with van der Waals surface area (Å²) in [5.74, 6) is 0. The number of hydrogen-bond acceptors (Lipinski definition) is 4. The molecule has 0 rings (SSSR count). The molecule has 0 aliphatic rings. The van der Waals surface area contributed by atoms with Crippen LogP contribution in [0.25, 0.3) is 0 Å². The molecule has 4 nitrogen and oxygen atoms in total. The van der Waals surface area contributed by atoms with Crippen molar-refractivity contribution in [3.63, 3.8) is 0 Å². The molecule has 0 aromatic heterocycles. The van der Waals surface area contributed by atoms with Gasteiger partial charge >= 0.3 is 27.3 Å². The van der Waals surface area contributed by atoms with Crippen LogP contribution in [0, 0.1) is 0 Å². The minimum Gasteiger partial charge on any atom is -0.719 e. The van der Waals surface area contributed by atoms with Crippen LogP contribution in [0.1, 0.15) is 79.1 Å². The third-order valence-electron chi connectivity index (χ3n) is 3.64. The minimum atomic E-state index is -0.197. The molecular formula is C18H36CdN2O2S2. The second kappa shape index (κ2) is 22.3. The minimum absolute atomic E-state index is 0. The van der Waals surface area contributed by atoms with Crippen LogP contribution < -0.4 is 0 Å². The van der Waals surface area contributed by atoms with E-state index in [4.69, 9.17) is 0 Å². The smallest absolute Gasteiger partial charge is 0.719 e. The Kier molecular flexibility index (Phi) is 26.9. The Hall–Kier alpha value is 0.302. The first kappa shape index (κ1) is 30.0. The molecule has 0 aliphatic carbocycles. The van der Waals surface area contributed by atoms with Crippen molar-refractivity contribution in [1.82, 2.24) is 9.80 Å². The van der Waals surface area contributed by atoms with Crippen molar-refractivity contribution in [3.8, 4) is 0 Å². The average molecular weight is 489 g/mol. The first-order chi connectivity index (χ1) is 11.4. The molecule has 0 N–H and O–H groups in total. The van der Waals surface area contributed by atoms with E-state index in [-0.39, 0.29) is 37.8 Å². The van der Waals surface area contributed by atoms with Gasteiger partial charge < -0.3 is 44.6 Å². The summed E-state index contributed by atoms with van der Waals surface area (Å²) >= 11 is 9.23. The van der Waals surface area contributed by atoms with Crippen LogP contribution in [0.4, 0.5) is 9.59 Å². The van der Waals surface area contributed by atoms with Gasteiger partial charge in [-0.25, -0.2) is 0 Å². The second-order valence-corrected chi connectivity index (χ2v) is 6.62. The van der Waals surface area contributed by atoms with Gasteiger partial charge in [0.1, 0.15) is 10.5 Å². The van der Waals surface area contributed by atoms with E-state index >= 15 is 0 Å². The number of unbranched alkanes of at least 4 members (excludes halogenated alkanes) is 4. The Bertz CT molecular complexity index is 275. The molecule has 0 aromatic carbocycles. The summed E-state index contributed by atoms with van der Waals surface area (Å²) in [6.45, 7) is 11.8. The summed E-state index contributed by atoms with van der Waals surface area (Å²) in [4.78, 5) is 25.3. The van der Waals surface area contributed by atoms with Crippen molar-refractivity contribution in [2.75, 3.05) is 26.2 Å². The molecule has 25 heavy (non-hydrogen) atoms. The van der Waals surface area contributed by atoms with Gasteiger partial charge in [0.05, 0.1) is 0 Å². The normalized spacial score (nSPS) is 9.44. The molecule has 0 aliphatic heterocycles. The Morgan fingerprint density at radius 1 is 0.600 bits per heavy atom. The number of carbonyl (C=O) groups excluding carboxylic acids is 2. The fourth-order valence-corrected chi connectivity index (χ4v) is 2.35. The summed E-state index contributed by atoms with van der Waals surface area (Å²) in [5, 5.41) is -0.395. The topological polar surface area (TPSA) is 40.6 Å². The van der Waals surface area contributed by atoms with Gasteiger partial charge in [-0.05, 0) is 25.7 Å². The summed E-state index contributed by atoms with van der Waals surface area (Å²) in [6, 6.07) is 0. The van der Waals surface area contributed by atoms with Gasteiger partial charge in [-0.2, -0.15) is 0 Å². The number of amides is 2. The van der Waals surface area contributed by atoms with Crippen molar-refractivity contribution >= 4 is 35.7 Å². The maximum atomic E-state index is 10.9. The van der Waals surface area contributed by atoms with Crippen molar-refractivity contribution in [3.05, 3.63) is 0 Å². The van der Waals surface area contributed by atoms with Crippen molar-refractivity contribution < 1.29 is 36.9 Å². The van der Waals surface area contributed by atoms with E-state index in [1.165, 1.54) is 0 Å². The zero-order valence-electron chi connectivity index (χ0n) is 16.7. The summed E-state index contributed by atoms with van der Waals surface area (Å²) in [7, 11) is 0. The molecule has 0 bridgehead atoms. The quantitative estimate of drug-likeness (QED) is 0.283. The largest absolute Gasteiger partial charge is 2.00 e. The number of rotatable bonds is 12. The SMILES string of the molecule is CCCCN(CCCC)C(=O)[S-].CCCCN(CCCC)C(=O)[S-].[Cd+2]. The predicted molar refractivity (Wildman–Crippen MR) is 108 cm³/mol. The van der Waals surface area contributed by atoms with Crippen LogP contribution in [-0.2, 0) is 52.6 Å². The molecule has 0 fully saturated rings. The number of nitrogens with zero attached hydrogens (tertiary/aromatic N) is 2. The van der Waals surface area contributed by atoms with Gasteiger partial charge in [-0.15, -0.1) is 0 Å². The molecular weight excluding hydrogens is 453 g/mol. The van der Waals surface area contributed by atoms with Crippen molar-refractivity contribution in [2.24, 2.45) is 0 Å². The first-order valence-electron chi connectivity index (χ1n) is 9.36. The Morgan fingerprint density at radius 2 is 0.800 bits per heavy atom. The zero-order chi connectivity index (χ0) is 18.8. The van der Waals surface area contributed by atoms with E-state index in [2.05, 4.69) is 53.0 Å². The zero-order valence-corrected chi connectivity index (χ0v) is 22.4. The Balaban J connectivity index is -0.000000372. The maximum Gasteiger partial charge on any atom is 2.00 e. The van der Waals surface area contributed by atoms with Crippen LogP contribution in [0.15, 0.2) is 0 Å². The molecule has 0 atom stereocenters. The van der Waals surface area contributed by atoms with E-state index in [1.54, 1.807) is 9.80 Å². The van der Waals surface area contributed by atoms with Gasteiger partial charge in [0.15, 0.2) is 0 Å². The first-order valence-corrected chi connectivity index (χ1v) is 10.2. The number of carbonyl (C=O) groups is 2. The predicted octanol–water partition coefficient (Wildman–Crippen LogP) is 5.11. The standard InChI is InChI=1S/2C9H19NOS.Cd/c2*1-3-5-7-10(9(11)12)8-6-4-2;/h2*3-8H2,1-2H3,(H,11,12);/q;;+2/p-2. The van der Waals surface area contributed by atoms with E-state index in [0.29, 0.717) is 0 Å². The maximum absolute atomic E-state index is 10.9. The van der Waals surface area contributed by atoms with Crippen molar-refractivity contribution in [1.29, 1.82) is 0 Å². The third-order valence-corrected chi connectivity index (χ3v) is 4.16. The van der Waals surface area contributed by atoms with Crippen LogP contribution in [-0.4, -0.2) is 46.5 Å². The molecule has 0 spiro atoms. The van der Waals surface area contributed by atoms with Gasteiger partial charge in [0.25, 0.3) is 0 Å². The van der Waals surface area contributed by atoms with Gasteiger partial charge in [0.2, 0.25) is 0 Å². The summed E-state index contributed by atoms with van der Waals surface area (Å²) < 4.78 is 0. The van der Waals surface area contributed by atoms with Crippen LogP contribution in [0.3, 0.4) is 0 Å². The Morgan fingerprint density at radius 3 is 0.920 bits per heavy atom. The van der Waals surface area contributed by atoms with Gasteiger partial charge in [-0.1, -0.05) is 53.4 Å². The Labute approximate surface area is 186 Å². The van der Waals surface area contributed by atoms with E-state index < -0.39 is 0 Å². The second-order valence-electron chi connectivity index (χ2n) is 5.92. The third kappa shape index (κ3) is 20.5. The van der Waals surface area contributed by atoms with Gasteiger partial charge in [-0.3, -0.25) is 0 Å². The van der Waals surface area contributed by atoms with Crippen LogP contribution in [0.2, 0.25) is 0 Å². The van der Waals surface area contributed by atoms with Crippen molar-refractivity contribution in [2.45, 2.75) is 79.1 Å². The molecule has 0 heterocycles. The molecule has 0 aromatic rings. The monoisotopic (exact) mass is 490 g/mol.